The van der Waals surface area contributed by atoms with E-state index in [0.717, 1.165) is 27.8 Å². The van der Waals surface area contributed by atoms with Crippen LogP contribution in [0.1, 0.15) is 16.7 Å². The second-order valence-corrected chi connectivity index (χ2v) is 3.73. The topological polar surface area (TPSA) is 23.1 Å². The molecule has 0 aromatic heterocycles. The molecule has 0 saturated heterocycles. The summed E-state index contributed by atoms with van der Waals surface area (Å²) in [7, 11) is 0. The molecule has 1 nitrogen and oxygen atoms in total. The Bertz CT molecular complexity index is 516. The molecule has 3 rings (SSSR count). The van der Waals surface area contributed by atoms with E-state index in [2.05, 4.69) is 0 Å². The number of fused-ring (bicyclic) bond motifs is 3. The van der Waals surface area contributed by atoms with Crippen LogP contribution in [-0.2, 0) is 0 Å². The van der Waals surface area contributed by atoms with E-state index < -0.39 is 0 Å². The van der Waals surface area contributed by atoms with E-state index in [1.807, 2.05) is 43.4 Å². The zero-order valence-corrected chi connectivity index (χ0v) is 7.87. The Morgan fingerprint density at radius 3 is 2.86 bits per heavy atom. The number of hydrogen-bond acceptors (Lipinski definition) is 1. The number of aryl methyl sites for hydroxylation is 1. The molecule has 1 aromatic rings. The molecule has 0 aliphatic heterocycles. The lowest BCUT2D eigenvalue weighted by atomic mass is 10.0. The third-order valence-electron chi connectivity index (χ3n) is 2.77. The summed E-state index contributed by atoms with van der Waals surface area (Å²) >= 11 is 0. The summed E-state index contributed by atoms with van der Waals surface area (Å²) in [5.41, 5.74) is 5.02. The van der Waals surface area contributed by atoms with E-state index >= 15 is 0 Å². The third kappa shape index (κ3) is 0.791. The van der Waals surface area contributed by atoms with Gasteiger partial charge < -0.3 is 5.11 Å². The molecule has 0 saturated carbocycles. The molecule has 2 aliphatic rings. The van der Waals surface area contributed by atoms with Crippen LogP contribution in [0.5, 0.6) is 0 Å². The van der Waals surface area contributed by atoms with Gasteiger partial charge in [-0.25, -0.2) is 0 Å². The first-order chi connectivity index (χ1) is 6.77. The highest BCUT2D eigenvalue weighted by atomic mass is 16.3. The Kier molecular flexibility index (Phi) is 1.30. The highest BCUT2D eigenvalue weighted by molar-refractivity contribution is 6.01. The molecule has 1 aromatic carbocycles. The van der Waals surface area contributed by atoms with E-state index in [1.54, 1.807) is 0 Å². The normalized spacial score (nSPS) is 17.1. The van der Waals surface area contributed by atoms with Gasteiger partial charge in [-0.2, -0.15) is 0 Å². The SMILES string of the molecule is Cc1ccc2c(c1)C([O-])=C1C=CC=C12. The van der Waals surface area contributed by atoms with Crippen LogP contribution in [0.3, 0.4) is 0 Å². The molecule has 0 heterocycles. The zero-order valence-electron chi connectivity index (χ0n) is 7.87. The molecular formula is C13H9O-. The van der Waals surface area contributed by atoms with E-state index in [-0.39, 0.29) is 5.76 Å². The summed E-state index contributed by atoms with van der Waals surface area (Å²) in [6.07, 6.45) is 5.84. The molecular weight excluding hydrogens is 172 g/mol. The van der Waals surface area contributed by atoms with Crippen molar-refractivity contribution in [2.24, 2.45) is 0 Å². The Labute approximate surface area is 82.7 Å². The second-order valence-electron chi connectivity index (χ2n) is 3.73. The predicted molar refractivity (Wildman–Crippen MR) is 55.2 cm³/mol. The van der Waals surface area contributed by atoms with E-state index in [9.17, 15) is 5.11 Å². The molecule has 0 fully saturated rings. The largest absolute Gasteiger partial charge is 0.872 e. The Morgan fingerprint density at radius 2 is 2.00 bits per heavy atom. The minimum absolute atomic E-state index is 0.170. The van der Waals surface area contributed by atoms with Gasteiger partial charge in [-0.15, -0.1) is 0 Å². The van der Waals surface area contributed by atoms with E-state index in [1.165, 1.54) is 0 Å². The molecule has 0 atom stereocenters. The molecule has 0 N–H and O–H groups in total. The van der Waals surface area contributed by atoms with Crippen LogP contribution >= 0.6 is 0 Å². The summed E-state index contributed by atoms with van der Waals surface area (Å²) in [5.74, 6) is 0.170. The fourth-order valence-electron chi connectivity index (χ4n) is 2.08. The van der Waals surface area contributed by atoms with Crippen molar-refractivity contribution in [2.45, 2.75) is 6.92 Å². The van der Waals surface area contributed by atoms with E-state index in [0.29, 0.717) is 0 Å². The molecule has 0 radical (unpaired) electrons. The van der Waals surface area contributed by atoms with Crippen LogP contribution in [0.25, 0.3) is 11.3 Å². The number of hydrogen-bond donors (Lipinski definition) is 0. The summed E-state index contributed by atoms with van der Waals surface area (Å²) in [6, 6.07) is 6.06. The number of allylic oxidation sites excluding steroid dienone is 5. The van der Waals surface area contributed by atoms with Crippen LogP contribution in [0, 0.1) is 6.92 Å². The van der Waals surface area contributed by atoms with Crippen molar-refractivity contribution in [1.29, 1.82) is 0 Å². The van der Waals surface area contributed by atoms with Gasteiger partial charge in [0.15, 0.2) is 0 Å². The maximum Gasteiger partial charge on any atom is -0.0111 e. The van der Waals surface area contributed by atoms with Crippen LogP contribution in [0.15, 0.2) is 42.0 Å². The molecule has 0 bridgehead atoms. The molecule has 0 unspecified atom stereocenters. The van der Waals surface area contributed by atoms with Crippen molar-refractivity contribution in [3.05, 3.63) is 58.7 Å². The van der Waals surface area contributed by atoms with Crippen molar-refractivity contribution in [3.8, 4) is 0 Å². The lowest BCUT2D eigenvalue weighted by molar-refractivity contribution is -0.244. The summed E-state index contributed by atoms with van der Waals surface area (Å²) in [4.78, 5) is 0. The monoisotopic (exact) mass is 181 g/mol. The predicted octanol–water partition coefficient (Wildman–Crippen LogP) is 2.03. The molecule has 68 valence electrons. The van der Waals surface area contributed by atoms with Gasteiger partial charge in [-0.3, -0.25) is 0 Å². The van der Waals surface area contributed by atoms with Crippen molar-refractivity contribution in [3.63, 3.8) is 0 Å². The Hall–Kier alpha value is -1.76. The van der Waals surface area contributed by atoms with Gasteiger partial charge in [0.25, 0.3) is 0 Å². The van der Waals surface area contributed by atoms with Gasteiger partial charge in [-0.1, -0.05) is 47.7 Å². The molecule has 14 heavy (non-hydrogen) atoms. The van der Waals surface area contributed by atoms with Gasteiger partial charge in [-0.05, 0) is 29.2 Å². The average Bonchev–Trinajstić information content (AvgIpc) is 2.72. The number of benzene rings is 1. The molecule has 1 heteroatoms. The van der Waals surface area contributed by atoms with Crippen LogP contribution in [-0.4, -0.2) is 0 Å². The van der Waals surface area contributed by atoms with Gasteiger partial charge >= 0.3 is 0 Å². The quantitative estimate of drug-likeness (QED) is 0.600. The smallest absolute Gasteiger partial charge is 0.0111 e. The minimum atomic E-state index is 0.170. The Balaban J connectivity index is 2.34. The van der Waals surface area contributed by atoms with Crippen molar-refractivity contribution >= 4 is 11.3 Å². The van der Waals surface area contributed by atoms with Crippen molar-refractivity contribution in [2.75, 3.05) is 0 Å². The minimum Gasteiger partial charge on any atom is -0.872 e. The standard InChI is InChI=1S/C13H10O/c1-8-5-6-10-9-3-2-4-11(9)13(14)12(10)7-8/h2-7,14H,1H3/p-1. The molecule has 0 amide bonds. The average molecular weight is 181 g/mol. The van der Waals surface area contributed by atoms with Gasteiger partial charge in [0, 0.05) is 0 Å². The molecule has 2 aliphatic carbocycles. The number of rotatable bonds is 0. The summed E-state index contributed by atoms with van der Waals surface area (Å²) in [5, 5.41) is 11.9. The van der Waals surface area contributed by atoms with Crippen molar-refractivity contribution in [1.82, 2.24) is 0 Å². The summed E-state index contributed by atoms with van der Waals surface area (Å²) < 4.78 is 0. The van der Waals surface area contributed by atoms with Crippen LogP contribution in [0.4, 0.5) is 0 Å². The highest BCUT2D eigenvalue weighted by Crippen LogP contribution is 2.41. The molecule has 0 spiro atoms. The van der Waals surface area contributed by atoms with Crippen molar-refractivity contribution < 1.29 is 5.11 Å². The first-order valence-corrected chi connectivity index (χ1v) is 4.69. The van der Waals surface area contributed by atoms with Crippen LogP contribution < -0.4 is 5.11 Å². The third-order valence-corrected chi connectivity index (χ3v) is 2.77. The fourth-order valence-corrected chi connectivity index (χ4v) is 2.08. The maximum absolute atomic E-state index is 11.9. The summed E-state index contributed by atoms with van der Waals surface area (Å²) in [6.45, 7) is 2.01. The van der Waals surface area contributed by atoms with Crippen LogP contribution in [0.2, 0.25) is 0 Å². The Morgan fingerprint density at radius 1 is 1.14 bits per heavy atom. The first-order valence-electron chi connectivity index (χ1n) is 4.69. The highest BCUT2D eigenvalue weighted by Gasteiger charge is 2.20. The lowest BCUT2D eigenvalue weighted by Gasteiger charge is -2.10. The van der Waals surface area contributed by atoms with Gasteiger partial charge in [0.2, 0.25) is 0 Å². The maximum atomic E-state index is 11.9. The van der Waals surface area contributed by atoms with E-state index in [4.69, 9.17) is 0 Å². The first kappa shape index (κ1) is 7.63. The van der Waals surface area contributed by atoms with Gasteiger partial charge in [0.05, 0.1) is 0 Å². The second kappa shape index (κ2) is 2.38. The lowest BCUT2D eigenvalue weighted by Crippen LogP contribution is -2.01. The zero-order chi connectivity index (χ0) is 9.71. The van der Waals surface area contributed by atoms with Gasteiger partial charge in [0.1, 0.15) is 0 Å². The fraction of sp³-hybridized carbons (Fsp3) is 0.0769.